The van der Waals surface area contributed by atoms with Crippen molar-refractivity contribution in [2.75, 3.05) is 13.6 Å². The lowest BCUT2D eigenvalue weighted by Crippen LogP contribution is -2.65. The molecule has 3 fully saturated rings. The molecule has 3 aliphatic carbocycles. The number of fused-ring (bicyclic) bond motifs is 1. The van der Waals surface area contributed by atoms with Crippen molar-refractivity contribution in [2.24, 2.45) is 39.9 Å². The zero-order valence-corrected chi connectivity index (χ0v) is 24.5. The van der Waals surface area contributed by atoms with Gasteiger partial charge in [0.2, 0.25) is 0 Å². The van der Waals surface area contributed by atoms with Gasteiger partial charge in [-0.2, -0.15) is 0 Å². The van der Waals surface area contributed by atoms with Gasteiger partial charge in [-0.05, 0) is 67.0 Å². The zero-order chi connectivity index (χ0) is 30.1. The molecule has 11 heteroatoms. The maximum absolute atomic E-state index is 15.7. The highest BCUT2D eigenvalue weighted by molar-refractivity contribution is 6.61. The number of ether oxygens (including phenoxy) is 1. The maximum atomic E-state index is 15.7. The van der Waals surface area contributed by atoms with E-state index >= 15 is 4.39 Å². The highest BCUT2D eigenvalue weighted by atomic mass is 19.1. The summed E-state index contributed by atoms with van der Waals surface area (Å²) in [4.78, 5) is 26.9. The molecule has 41 heavy (non-hydrogen) atoms. The van der Waals surface area contributed by atoms with Gasteiger partial charge < -0.3 is 35.1 Å². The number of benzene rings is 1. The van der Waals surface area contributed by atoms with Crippen LogP contribution in [-0.4, -0.2) is 71.1 Å². The summed E-state index contributed by atoms with van der Waals surface area (Å²) in [6.45, 7) is 7.95. The summed E-state index contributed by atoms with van der Waals surface area (Å²) in [5.41, 5.74) is -2.22. The standard InChI is InChI=1S/C30H43BFNO8/c1-15-8-10-30-11-9-19(34)25(30)29(15,4)18(12-28(3,21(35)13-33-5)26(36)16(30)2)24(27(37)38)41-20-7-6-17-14-40-31(39)22(17)23(20)32/h6-7,15-16,18,21,24-26,33,35-36,39H,8-14H2,1-5H3,(H,37,38)/t15-,16+,18+,21+,24?,25+,26+,28+,29-,30+/m1/s1. The number of carbonyl (C=O) groups excluding carboxylic acids is 1. The number of halogens is 1. The van der Waals surface area contributed by atoms with Crippen LogP contribution in [0.1, 0.15) is 65.4 Å². The number of hydrogen-bond donors (Lipinski definition) is 5. The fourth-order valence-electron chi connectivity index (χ4n) is 9.26. The predicted molar refractivity (Wildman–Crippen MR) is 149 cm³/mol. The molecule has 1 heterocycles. The number of ketones is 1. The van der Waals surface area contributed by atoms with E-state index in [-0.39, 0.29) is 48.4 Å². The molecule has 0 spiro atoms. The number of carbonyl (C=O) groups is 2. The van der Waals surface area contributed by atoms with Crippen molar-refractivity contribution in [3.63, 3.8) is 0 Å². The quantitative estimate of drug-likeness (QED) is 0.308. The molecule has 0 amide bonds. The number of aliphatic hydroxyl groups excluding tert-OH is 2. The Morgan fingerprint density at radius 1 is 1.29 bits per heavy atom. The first-order valence-corrected chi connectivity index (χ1v) is 14.8. The molecule has 1 aromatic carbocycles. The fraction of sp³-hybridized carbons (Fsp3) is 0.733. The number of Topliss-reactive ketones (excluding diaryl/α,β-unsaturated/α-hetero) is 1. The predicted octanol–water partition coefficient (Wildman–Crippen LogP) is 1.88. The van der Waals surface area contributed by atoms with Crippen molar-refractivity contribution in [1.29, 1.82) is 0 Å². The minimum Gasteiger partial charge on any atom is -0.478 e. The number of carboxylic acid groups (broad SMARTS) is 1. The van der Waals surface area contributed by atoms with Crippen LogP contribution in [0.25, 0.3) is 0 Å². The second-order valence-corrected chi connectivity index (χ2v) is 13.6. The Morgan fingerprint density at radius 3 is 2.66 bits per heavy atom. The monoisotopic (exact) mass is 575 g/mol. The lowest BCUT2D eigenvalue weighted by molar-refractivity contribution is -0.212. The summed E-state index contributed by atoms with van der Waals surface area (Å²) in [7, 11) is 0.214. The molecular formula is C30H43BFNO8. The average Bonchev–Trinajstić information content (AvgIpc) is 3.48. The van der Waals surface area contributed by atoms with Crippen LogP contribution in [0.3, 0.4) is 0 Å². The van der Waals surface area contributed by atoms with Crippen LogP contribution < -0.4 is 15.5 Å². The van der Waals surface area contributed by atoms with E-state index in [4.69, 9.17) is 9.39 Å². The molecule has 0 saturated heterocycles. The second kappa shape index (κ2) is 10.6. The Balaban J connectivity index is 1.69. The SMILES string of the molecule is CNC[C@H](O)[C@]1(C)C[C@@H](C(Oc2ccc3c(c2F)B(O)OC3)C(=O)O)[C@@]2(C)[C@H](C)CC[C@]3(CCC(=O)[C@H]32)[C@@H](C)[C@@H]1O. The van der Waals surface area contributed by atoms with Crippen molar-refractivity contribution in [1.82, 2.24) is 5.32 Å². The second-order valence-electron chi connectivity index (χ2n) is 13.6. The van der Waals surface area contributed by atoms with Crippen LogP contribution in [0.2, 0.25) is 0 Å². The summed E-state index contributed by atoms with van der Waals surface area (Å²) in [5.74, 6) is -4.24. The Labute approximate surface area is 241 Å². The average molecular weight is 575 g/mol. The molecule has 1 aliphatic heterocycles. The Morgan fingerprint density at radius 2 is 2.00 bits per heavy atom. The van der Waals surface area contributed by atoms with Crippen LogP contribution in [0.4, 0.5) is 4.39 Å². The van der Waals surface area contributed by atoms with Crippen molar-refractivity contribution in [2.45, 2.75) is 84.7 Å². The molecular weight excluding hydrogens is 532 g/mol. The maximum Gasteiger partial charge on any atom is 0.494 e. The van der Waals surface area contributed by atoms with Crippen LogP contribution in [-0.2, 0) is 20.9 Å². The zero-order valence-electron chi connectivity index (χ0n) is 24.5. The van der Waals surface area contributed by atoms with E-state index in [1.807, 2.05) is 20.8 Å². The van der Waals surface area contributed by atoms with Crippen molar-refractivity contribution < 1.29 is 43.7 Å². The number of aliphatic carboxylic acids is 1. The first-order chi connectivity index (χ1) is 19.2. The number of nitrogens with one attached hydrogen (secondary N) is 1. The summed E-state index contributed by atoms with van der Waals surface area (Å²) in [6, 6.07) is 2.89. The lowest BCUT2D eigenvalue weighted by atomic mass is 9.41. The smallest absolute Gasteiger partial charge is 0.478 e. The summed E-state index contributed by atoms with van der Waals surface area (Å²) >= 11 is 0. The number of rotatable bonds is 7. The van der Waals surface area contributed by atoms with Crippen molar-refractivity contribution in [3.8, 4) is 5.75 Å². The van der Waals surface area contributed by atoms with Crippen LogP contribution in [0.5, 0.6) is 5.75 Å². The van der Waals surface area contributed by atoms with Crippen LogP contribution in [0, 0.1) is 45.7 Å². The van der Waals surface area contributed by atoms with Gasteiger partial charge in [-0.1, -0.05) is 33.8 Å². The van der Waals surface area contributed by atoms with Gasteiger partial charge in [-0.25, -0.2) is 9.18 Å². The minimum atomic E-state index is -1.60. The third-order valence-electron chi connectivity index (χ3n) is 11.9. The molecule has 2 bridgehead atoms. The minimum absolute atomic E-state index is 0.0257. The van der Waals surface area contributed by atoms with Gasteiger partial charge in [0.05, 0.1) is 18.8 Å². The number of aliphatic hydroxyl groups is 2. The number of hydrogen-bond acceptors (Lipinski definition) is 8. The normalized spacial score (nSPS) is 39.9. The van der Waals surface area contributed by atoms with Gasteiger partial charge in [0.15, 0.2) is 17.7 Å². The van der Waals surface area contributed by atoms with Gasteiger partial charge in [0.1, 0.15) is 5.78 Å². The molecule has 5 N–H and O–H groups in total. The Kier molecular flexibility index (Phi) is 7.86. The van der Waals surface area contributed by atoms with Gasteiger partial charge in [-0.3, -0.25) is 4.79 Å². The number of likely N-dealkylation sites (N-methyl/N-ethyl adjacent to an activating group) is 1. The molecule has 1 unspecified atom stereocenters. The Hall–Kier alpha value is -2.05. The van der Waals surface area contributed by atoms with E-state index in [1.54, 1.807) is 20.0 Å². The van der Waals surface area contributed by atoms with E-state index in [9.17, 15) is 29.9 Å². The largest absolute Gasteiger partial charge is 0.494 e. The molecule has 3 saturated carbocycles. The Bertz CT molecular complexity index is 1220. The lowest BCUT2D eigenvalue weighted by Gasteiger charge is -2.63. The van der Waals surface area contributed by atoms with Crippen LogP contribution >= 0.6 is 0 Å². The third-order valence-corrected chi connectivity index (χ3v) is 11.9. The van der Waals surface area contributed by atoms with E-state index in [1.165, 1.54) is 6.07 Å². The summed E-state index contributed by atoms with van der Waals surface area (Å²) < 4.78 is 26.9. The van der Waals surface area contributed by atoms with Gasteiger partial charge in [0.25, 0.3) is 0 Å². The van der Waals surface area contributed by atoms with E-state index in [2.05, 4.69) is 5.32 Å². The van der Waals surface area contributed by atoms with E-state index < -0.39 is 65.3 Å². The molecule has 226 valence electrons. The molecule has 1 aromatic rings. The van der Waals surface area contributed by atoms with Crippen molar-refractivity contribution in [3.05, 3.63) is 23.5 Å². The number of carboxylic acids is 1. The molecule has 10 atom stereocenters. The van der Waals surface area contributed by atoms with Crippen LogP contribution in [0.15, 0.2) is 12.1 Å². The first-order valence-electron chi connectivity index (χ1n) is 14.8. The summed E-state index contributed by atoms with van der Waals surface area (Å²) in [6.07, 6.45) is -1.21. The molecule has 4 aliphatic rings. The highest BCUT2D eigenvalue weighted by Crippen LogP contribution is 2.69. The molecule has 0 aromatic heterocycles. The van der Waals surface area contributed by atoms with Gasteiger partial charge in [0, 0.05) is 35.7 Å². The van der Waals surface area contributed by atoms with Gasteiger partial charge in [-0.15, -0.1) is 0 Å². The third kappa shape index (κ3) is 4.37. The van der Waals surface area contributed by atoms with E-state index in [0.717, 1.165) is 12.8 Å². The molecule has 0 radical (unpaired) electrons. The molecule has 5 rings (SSSR count). The first kappa shape index (κ1) is 30.4. The molecule has 9 nitrogen and oxygen atoms in total. The summed E-state index contributed by atoms with van der Waals surface area (Å²) in [5, 5.41) is 47.3. The van der Waals surface area contributed by atoms with E-state index in [0.29, 0.717) is 18.4 Å². The van der Waals surface area contributed by atoms with Gasteiger partial charge >= 0.3 is 13.1 Å². The fourth-order valence-corrected chi connectivity index (χ4v) is 9.26. The highest BCUT2D eigenvalue weighted by Gasteiger charge is 2.69. The van der Waals surface area contributed by atoms with Crippen molar-refractivity contribution >= 4 is 24.3 Å². The topological polar surface area (TPSA) is 146 Å².